The molecule has 0 aliphatic carbocycles. The van der Waals surface area contributed by atoms with E-state index in [0.717, 1.165) is 35.7 Å². The van der Waals surface area contributed by atoms with Crippen molar-refractivity contribution < 1.29 is 14.8 Å². The van der Waals surface area contributed by atoms with Crippen LogP contribution in [0.15, 0.2) is 65.1 Å². The third-order valence-electron chi connectivity index (χ3n) is 4.19. The average molecular weight is 322 g/mol. The smallest absolute Gasteiger partial charge is 0.158 e. The predicted octanol–water partition coefficient (Wildman–Crippen LogP) is 3.57. The maximum Gasteiger partial charge on any atom is 0.158 e. The number of aliphatic hydroxyl groups excluding tert-OH is 1. The highest BCUT2D eigenvalue weighted by Gasteiger charge is 2.07. The zero-order valence-corrected chi connectivity index (χ0v) is 14.2. The molecule has 3 heteroatoms. The normalized spacial score (nSPS) is 12.3. The first-order valence-corrected chi connectivity index (χ1v) is 8.36. The Labute approximate surface area is 143 Å². The first-order chi connectivity index (χ1) is 11.6. The number of aliphatic hydroxyl groups is 1. The minimum atomic E-state index is -0.442. The van der Waals surface area contributed by atoms with Crippen LogP contribution in [0.2, 0.25) is 0 Å². The van der Waals surface area contributed by atoms with Crippen LogP contribution in [0.25, 0.3) is 11.3 Å². The summed E-state index contributed by atoms with van der Waals surface area (Å²) in [7, 11) is 0. The molecule has 0 saturated carbocycles. The number of hydrogen-bond acceptors (Lipinski definition) is 2. The van der Waals surface area contributed by atoms with E-state index in [9.17, 15) is 5.11 Å². The van der Waals surface area contributed by atoms with Crippen LogP contribution in [0.1, 0.15) is 35.5 Å². The van der Waals surface area contributed by atoms with Crippen LogP contribution in [0, 0.1) is 6.92 Å². The predicted molar refractivity (Wildman–Crippen MR) is 95.3 cm³/mol. The highest BCUT2D eigenvalue weighted by molar-refractivity contribution is 5.58. The van der Waals surface area contributed by atoms with Gasteiger partial charge in [-0.1, -0.05) is 54.1 Å². The maximum absolute atomic E-state index is 9.57. The number of quaternary nitrogens is 1. The van der Waals surface area contributed by atoms with E-state index < -0.39 is 6.10 Å². The van der Waals surface area contributed by atoms with E-state index in [2.05, 4.69) is 36.5 Å². The first kappa shape index (κ1) is 16.5. The van der Waals surface area contributed by atoms with Crippen molar-refractivity contribution in [2.45, 2.75) is 33.0 Å². The van der Waals surface area contributed by atoms with Gasteiger partial charge in [0.25, 0.3) is 0 Å². The Morgan fingerprint density at radius 2 is 1.62 bits per heavy atom. The summed E-state index contributed by atoms with van der Waals surface area (Å²) < 4.78 is 5.93. The molecule has 2 aromatic carbocycles. The van der Waals surface area contributed by atoms with Crippen molar-refractivity contribution in [2.24, 2.45) is 0 Å². The number of benzene rings is 2. The molecule has 3 aromatic rings. The molecular weight excluding hydrogens is 298 g/mol. The molecule has 0 bridgehead atoms. The Kier molecular flexibility index (Phi) is 5.14. The molecule has 0 fully saturated rings. The summed E-state index contributed by atoms with van der Waals surface area (Å²) in [4.78, 5) is 0. The molecule has 0 spiro atoms. The Balaban J connectivity index is 1.58. The second-order valence-electron chi connectivity index (χ2n) is 6.25. The molecule has 0 aliphatic rings. The zero-order valence-electron chi connectivity index (χ0n) is 14.2. The summed E-state index contributed by atoms with van der Waals surface area (Å²) in [5, 5.41) is 11.8. The molecule has 0 aliphatic heterocycles. The Morgan fingerprint density at radius 3 is 2.29 bits per heavy atom. The van der Waals surface area contributed by atoms with E-state index in [-0.39, 0.29) is 0 Å². The lowest BCUT2D eigenvalue weighted by Crippen LogP contribution is -2.80. The van der Waals surface area contributed by atoms with E-state index in [0.29, 0.717) is 0 Å². The average Bonchev–Trinajstić information content (AvgIpc) is 3.06. The van der Waals surface area contributed by atoms with E-state index in [1.165, 1.54) is 11.1 Å². The summed E-state index contributed by atoms with van der Waals surface area (Å²) in [5.41, 5.74) is 4.55. The van der Waals surface area contributed by atoms with Crippen LogP contribution in [-0.2, 0) is 13.1 Å². The highest BCUT2D eigenvalue weighted by atomic mass is 16.3. The van der Waals surface area contributed by atoms with Gasteiger partial charge in [-0.05, 0) is 31.5 Å². The minimum Gasteiger partial charge on any atom is -0.455 e. The van der Waals surface area contributed by atoms with Gasteiger partial charge in [0.2, 0.25) is 0 Å². The third kappa shape index (κ3) is 4.13. The second-order valence-corrected chi connectivity index (χ2v) is 6.25. The van der Waals surface area contributed by atoms with Crippen molar-refractivity contribution in [3.05, 3.63) is 83.1 Å². The molecule has 3 N–H and O–H groups in total. The Morgan fingerprint density at radius 1 is 0.917 bits per heavy atom. The van der Waals surface area contributed by atoms with Crippen LogP contribution in [0.5, 0.6) is 0 Å². The van der Waals surface area contributed by atoms with Crippen LogP contribution in [-0.4, -0.2) is 5.11 Å². The molecule has 124 valence electrons. The second kappa shape index (κ2) is 7.47. The topological polar surface area (TPSA) is 50.0 Å². The van der Waals surface area contributed by atoms with Crippen LogP contribution >= 0.6 is 0 Å². The molecule has 1 heterocycles. The van der Waals surface area contributed by atoms with Crippen molar-refractivity contribution in [1.82, 2.24) is 0 Å². The van der Waals surface area contributed by atoms with Gasteiger partial charge in [-0.15, -0.1) is 0 Å². The van der Waals surface area contributed by atoms with E-state index in [1.807, 2.05) is 36.4 Å². The number of furan rings is 1. The SMILES string of the molecule is Cc1ccc(C[NH2+]Cc2ccc(-c3ccc([C@@H](C)O)cc3)o2)cc1. The van der Waals surface area contributed by atoms with Crippen molar-refractivity contribution in [2.75, 3.05) is 0 Å². The largest absolute Gasteiger partial charge is 0.455 e. The Bertz CT molecular complexity index is 770. The summed E-state index contributed by atoms with van der Waals surface area (Å²) >= 11 is 0. The lowest BCUT2D eigenvalue weighted by atomic mass is 10.1. The van der Waals surface area contributed by atoms with E-state index >= 15 is 0 Å². The van der Waals surface area contributed by atoms with E-state index in [4.69, 9.17) is 4.42 Å². The molecule has 0 saturated heterocycles. The lowest BCUT2D eigenvalue weighted by Gasteiger charge is -2.05. The monoisotopic (exact) mass is 322 g/mol. The molecule has 0 radical (unpaired) electrons. The van der Waals surface area contributed by atoms with Crippen LogP contribution in [0.3, 0.4) is 0 Å². The fraction of sp³-hybridized carbons (Fsp3) is 0.238. The number of rotatable bonds is 6. The molecule has 1 atom stereocenters. The summed E-state index contributed by atoms with van der Waals surface area (Å²) in [6.45, 7) is 5.63. The van der Waals surface area contributed by atoms with Gasteiger partial charge in [0, 0.05) is 11.1 Å². The molecule has 3 rings (SSSR count). The lowest BCUT2D eigenvalue weighted by molar-refractivity contribution is -0.687. The fourth-order valence-electron chi connectivity index (χ4n) is 2.67. The fourth-order valence-corrected chi connectivity index (χ4v) is 2.67. The van der Waals surface area contributed by atoms with Gasteiger partial charge in [-0.25, -0.2) is 0 Å². The summed E-state index contributed by atoms with van der Waals surface area (Å²) in [5.74, 6) is 1.84. The van der Waals surface area contributed by atoms with Gasteiger partial charge < -0.3 is 14.8 Å². The molecule has 0 unspecified atom stereocenters. The highest BCUT2D eigenvalue weighted by Crippen LogP contribution is 2.23. The van der Waals surface area contributed by atoms with E-state index in [1.54, 1.807) is 6.92 Å². The van der Waals surface area contributed by atoms with Crippen LogP contribution < -0.4 is 5.32 Å². The maximum atomic E-state index is 9.57. The third-order valence-corrected chi connectivity index (χ3v) is 4.19. The first-order valence-electron chi connectivity index (χ1n) is 8.36. The molecule has 3 nitrogen and oxygen atoms in total. The number of aryl methyl sites for hydroxylation is 1. The number of hydrogen-bond donors (Lipinski definition) is 2. The van der Waals surface area contributed by atoms with Gasteiger partial charge >= 0.3 is 0 Å². The zero-order chi connectivity index (χ0) is 16.9. The molecule has 24 heavy (non-hydrogen) atoms. The summed E-state index contributed by atoms with van der Waals surface area (Å²) in [6, 6.07) is 20.5. The minimum absolute atomic E-state index is 0.442. The Hall–Kier alpha value is -2.36. The standard InChI is InChI=1S/C21H23NO2/c1-15-3-5-17(6-4-15)13-22-14-20-11-12-21(24-20)19-9-7-18(8-10-19)16(2)23/h3-12,16,22-23H,13-14H2,1-2H3/p+1/t16-/m1/s1. The molecule has 0 amide bonds. The van der Waals surface area contributed by atoms with Gasteiger partial charge in [0.15, 0.2) is 5.76 Å². The van der Waals surface area contributed by atoms with Gasteiger partial charge in [0.05, 0.1) is 6.10 Å². The van der Waals surface area contributed by atoms with Crippen molar-refractivity contribution in [1.29, 1.82) is 0 Å². The van der Waals surface area contributed by atoms with Gasteiger partial charge in [-0.2, -0.15) is 0 Å². The number of nitrogens with two attached hydrogens (primary N) is 1. The van der Waals surface area contributed by atoms with Crippen LogP contribution in [0.4, 0.5) is 0 Å². The van der Waals surface area contributed by atoms with Crippen molar-refractivity contribution in [3.8, 4) is 11.3 Å². The quantitative estimate of drug-likeness (QED) is 0.729. The van der Waals surface area contributed by atoms with Crippen molar-refractivity contribution in [3.63, 3.8) is 0 Å². The summed E-state index contributed by atoms with van der Waals surface area (Å²) in [6.07, 6.45) is -0.442. The molecule has 1 aromatic heterocycles. The molecular formula is C21H24NO2+. The van der Waals surface area contributed by atoms with Gasteiger partial charge in [0.1, 0.15) is 18.8 Å². The van der Waals surface area contributed by atoms with Gasteiger partial charge in [-0.3, -0.25) is 0 Å². The van der Waals surface area contributed by atoms with Crippen molar-refractivity contribution >= 4 is 0 Å².